The van der Waals surface area contributed by atoms with Gasteiger partial charge in [0, 0.05) is 28.7 Å². The molecule has 0 saturated carbocycles. The molecule has 1 atom stereocenters. The quantitative estimate of drug-likeness (QED) is 0.598. The first kappa shape index (κ1) is 22.2. The van der Waals surface area contributed by atoms with Crippen LogP contribution in [0.15, 0.2) is 58.3 Å². The molecule has 0 spiro atoms. The average molecular weight is 453 g/mol. The highest BCUT2D eigenvalue weighted by Crippen LogP contribution is 2.28. The van der Waals surface area contributed by atoms with Crippen molar-refractivity contribution in [3.8, 4) is 0 Å². The van der Waals surface area contributed by atoms with Gasteiger partial charge in [-0.2, -0.15) is 4.31 Å². The van der Waals surface area contributed by atoms with Crippen molar-refractivity contribution in [2.75, 3.05) is 18.4 Å². The second kappa shape index (κ2) is 9.98. The average Bonchev–Trinajstić information content (AvgIpc) is 2.74. The van der Waals surface area contributed by atoms with Crippen molar-refractivity contribution in [1.29, 1.82) is 0 Å². The number of nitrogens with one attached hydrogen (secondary N) is 1. The largest absolute Gasteiger partial charge is 0.325 e. The topological polar surface area (TPSA) is 66.5 Å². The molecule has 1 amide bonds. The molecule has 8 heteroatoms. The van der Waals surface area contributed by atoms with Crippen LogP contribution in [-0.2, 0) is 14.8 Å². The Morgan fingerprint density at radius 3 is 2.28 bits per heavy atom. The maximum Gasteiger partial charge on any atom is 0.243 e. The number of hydrogen-bond acceptors (Lipinski definition) is 4. The van der Waals surface area contributed by atoms with Gasteiger partial charge in [0.15, 0.2) is 0 Å². The van der Waals surface area contributed by atoms with Crippen LogP contribution in [0.4, 0.5) is 5.69 Å². The normalized spacial score (nSPS) is 16.3. The van der Waals surface area contributed by atoms with Crippen LogP contribution in [0, 0.1) is 0 Å². The maximum absolute atomic E-state index is 12.7. The van der Waals surface area contributed by atoms with Gasteiger partial charge in [0.1, 0.15) is 0 Å². The maximum atomic E-state index is 12.7. The Hall–Kier alpha value is -1.54. The fourth-order valence-corrected chi connectivity index (χ4v) is 5.78. The second-order valence-corrected chi connectivity index (χ2v) is 10.6. The number of hydrogen-bond donors (Lipinski definition) is 1. The number of piperidine rings is 1. The van der Waals surface area contributed by atoms with E-state index >= 15 is 0 Å². The number of benzene rings is 2. The first-order chi connectivity index (χ1) is 13.9. The molecule has 1 saturated heterocycles. The van der Waals surface area contributed by atoms with Crippen LogP contribution in [0.2, 0.25) is 5.02 Å². The molecule has 1 N–H and O–H groups in total. The van der Waals surface area contributed by atoms with Gasteiger partial charge in [0.05, 0.1) is 10.1 Å². The Morgan fingerprint density at radius 1 is 1.07 bits per heavy atom. The number of carbonyl (C=O) groups is 1. The number of sulfonamides is 1. The SMILES string of the molecule is CC[C@@H](Sc1ccc(Cl)cc1)C(=O)Nc1ccc(S(=O)(=O)N2CCCCC2)cc1. The van der Waals surface area contributed by atoms with E-state index in [1.165, 1.54) is 11.8 Å². The summed E-state index contributed by atoms with van der Waals surface area (Å²) in [6, 6.07) is 13.8. The molecular weight excluding hydrogens is 428 g/mol. The molecule has 3 rings (SSSR count). The number of carbonyl (C=O) groups excluding carboxylic acids is 1. The number of halogens is 1. The monoisotopic (exact) mass is 452 g/mol. The summed E-state index contributed by atoms with van der Waals surface area (Å²) in [7, 11) is -3.47. The Labute approximate surface area is 181 Å². The number of nitrogens with zero attached hydrogens (tertiary/aromatic N) is 1. The van der Waals surface area contributed by atoms with Gasteiger partial charge in [0.25, 0.3) is 0 Å². The summed E-state index contributed by atoms with van der Waals surface area (Å²) >= 11 is 7.39. The van der Waals surface area contributed by atoms with Crippen LogP contribution in [0.1, 0.15) is 32.6 Å². The van der Waals surface area contributed by atoms with E-state index in [4.69, 9.17) is 11.6 Å². The van der Waals surface area contributed by atoms with Crippen LogP contribution < -0.4 is 5.32 Å². The van der Waals surface area contributed by atoms with Gasteiger partial charge in [0.2, 0.25) is 15.9 Å². The fraction of sp³-hybridized carbons (Fsp3) is 0.381. The van der Waals surface area contributed by atoms with Crippen molar-refractivity contribution >= 4 is 45.0 Å². The van der Waals surface area contributed by atoms with E-state index in [2.05, 4.69) is 5.32 Å². The molecule has 0 aliphatic carbocycles. The molecule has 2 aromatic rings. The summed E-state index contributed by atoms with van der Waals surface area (Å²) in [5.74, 6) is -0.112. The number of amides is 1. The molecule has 1 aliphatic heterocycles. The number of rotatable bonds is 7. The molecule has 2 aromatic carbocycles. The standard InChI is InChI=1S/C21H25ClN2O3S2/c1-2-20(28-18-10-6-16(22)7-11-18)21(25)23-17-8-12-19(13-9-17)29(26,27)24-14-4-3-5-15-24/h6-13,20H,2-5,14-15H2,1H3,(H,23,25)/t20-/m1/s1. The van der Waals surface area contributed by atoms with E-state index in [-0.39, 0.29) is 16.1 Å². The minimum absolute atomic E-state index is 0.112. The van der Waals surface area contributed by atoms with Crippen molar-refractivity contribution in [1.82, 2.24) is 4.31 Å². The van der Waals surface area contributed by atoms with Gasteiger partial charge in [-0.25, -0.2) is 8.42 Å². The summed E-state index contributed by atoms with van der Waals surface area (Å²) in [6.45, 7) is 3.10. The smallest absolute Gasteiger partial charge is 0.243 e. The van der Waals surface area contributed by atoms with E-state index in [9.17, 15) is 13.2 Å². The zero-order valence-corrected chi connectivity index (χ0v) is 18.7. The van der Waals surface area contributed by atoms with Gasteiger partial charge in [-0.05, 0) is 67.8 Å². The molecule has 156 valence electrons. The molecule has 0 radical (unpaired) electrons. The lowest BCUT2D eigenvalue weighted by molar-refractivity contribution is -0.115. The number of anilines is 1. The van der Waals surface area contributed by atoms with E-state index in [0.717, 1.165) is 24.2 Å². The Balaban J connectivity index is 1.64. The molecule has 1 heterocycles. The van der Waals surface area contributed by atoms with Gasteiger partial charge in [-0.1, -0.05) is 24.9 Å². The predicted molar refractivity (Wildman–Crippen MR) is 119 cm³/mol. The summed E-state index contributed by atoms with van der Waals surface area (Å²) in [4.78, 5) is 13.9. The third kappa shape index (κ3) is 5.75. The minimum atomic E-state index is -3.47. The van der Waals surface area contributed by atoms with Crippen molar-refractivity contribution < 1.29 is 13.2 Å². The first-order valence-electron chi connectivity index (χ1n) is 9.73. The van der Waals surface area contributed by atoms with E-state index in [0.29, 0.717) is 30.2 Å². The zero-order valence-electron chi connectivity index (χ0n) is 16.3. The van der Waals surface area contributed by atoms with E-state index < -0.39 is 10.0 Å². The Kier molecular flexibility index (Phi) is 7.62. The van der Waals surface area contributed by atoms with Crippen LogP contribution in [0.5, 0.6) is 0 Å². The van der Waals surface area contributed by atoms with Crippen LogP contribution in [0.3, 0.4) is 0 Å². The van der Waals surface area contributed by atoms with Crippen LogP contribution in [0.25, 0.3) is 0 Å². The van der Waals surface area contributed by atoms with Gasteiger partial charge in [-0.15, -0.1) is 11.8 Å². The third-order valence-corrected chi connectivity index (χ3v) is 8.37. The predicted octanol–water partition coefficient (Wildman–Crippen LogP) is 5.02. The second-order valence-electron chi connectivity index (χ2n) is 6.95. The third-order valence-electron chi connectivity index (χ3n) is 4.83. The zero-order chi connectivity index (χ0) is 20.9. The lowest BCUT2D eigenvalue weighted by Gasteiger charge is -2.25. The van der Waals surface area contributed by atoms with Crippen molar-refractivity contribution in [3.63, 3.8) is 0 Å². The van der Waals surface area contributed by atoms with E-state index in [1.807, 2.05) is 19.1 Å². The highest BCUT2D eigenvalue weighted by molar-refractivity contribution is 8.00. The Morgan fingerprint density at radius 2 is 1.69 bits per heavy atom. The van der Waals surface area contributed by atoms with Crippen LogP contribution in [-0.4, -0.2) is 37.0 Å². The lowest BCUT2D eigenvalue weighted by Crippen LogP contribution is -2.35. The highest BCUT2D eigenvalue weighted by Gasteiger charge is 2.26. The molecule has 0 aromatic heterocycles. The van der Waals surface area contributed by atoms with Crippen molar-refractivity contribution in [3.05, 3.63) is 53.6 Å². The number of thioether (sulfide) groups is 1. The Bertz CT molecular complexity index is 925. The summed E-state index contributed by atoms with van der Waals surface area (Å²) < 4.78 is 27.0. The molecular formula is C21H25ClN2O3S2. The highest BCUT2D eigenvalue weighted by atomic mass is 35.5. The minimum Gasteiger partial charge on any atom is -0.325 e. The van der Waals surface area contributed by atoms with Gasteiger partial charge < -0.3 is 5.32 Å². The summed E-state index contributed by atoms with van der Waals surface area (Å²) in [5.41, 5.74) is 0.586. The lowest BCUT2D eigenvalue weighted by atomic mass is 10.2. The first-order valence-corrected chi connectivity index (χ1v) is 12.4. The fourth-order valence-electron chi connectivity index (χ4n) is 3.19. The van der Waals surface area contributed by atoms with Crippen LogP contribution >= 0.6 is 23.4 Å². The molecule has 0 bridgehead atoms. The molecule has 29 heavy (non-hydrogen) atoms. The molecule has 5 nitrogen and oxygen atoms in total. The summed E-state index contributed by atoms with van der Waals surface area (Å²) in [6.07, 6.45) is 3.54. The molecule has 1 fully saturated rings. The van der Waals surface area contributed by atoms with E-state index in [1.54, 1.807) is 40.7 Å². The molecule has 0 unspecified atom stereocenters. The van der Waals surface area contributed by atoms with Gasteiger partial charge in [-0.3, -0.25) is 4.79 Å². The van der Waals surface area contributed by atoms with Crippen molar-refractivity contribution in [2.45, 2.75) is 47.6 Å². The molecule has 1 aliphatic rings. The summed E-state index contributed by atoms with van der Waals surface area (Å²) in [5, 5.41) is 3.29. The van der Waals surface area contributed by atoms with Gasteiger partial charge >= 0.3 is 0 Å². The van der Waals surface area contributed by atoms with Crippen molar-refractivity contribution in [2.24, 2.45) is 0 Å².